The topological polar surface area (TPSA) is 76.4 Å². The Hall–Kier alpha value is -2.48. The lowest BCUT2D eigenvalue weighted by Gasteiger charge is -2.34. The first-order chi connectivity index (χ1) is 12.6. The van der Waals surface area contributed by atoms with Gasteiger partial charge in [0.1, 0.15) is 0 Å². The number of hydrogen-bond acceptors (Lipinski definition) is 6. The molecule has 0 atom stereocenters. The molecule has 0 bridgehead atoms. The molecule has 0 radical (unpaired) electrons. The second-order valence-corrected chi connectivity index (χ2v) is 6.81. The summed E-state index contributed by atoms with van der Waals surface area (Å²) in [6.45, 7) is 8.16. The van der Waals surface area contributed by atoms with Gasteiger partial charge in [0.15, 0.2) is 0 Å². The van der Waals surface area contributed by atoms with Gasteiger partial charge in [0.05, 0.1) is 18.7 Å². The van der Waals surface area contributed by atoms with E-state index in [2.05, 4.69) is 34.3 Å². The standard InChI is InChI=1S/C18H26N6O2/c1-15(2)14-26-13-8-17(25)22-9-11-23(12-10-22)18-19-20-21-24(18)16-6-4-3-5-7-16/h3-7,15H,8-14H2,1-2H3. The number of para-hydroxylation sites is 1. The lowest BCUT2D eigenvalue weighted by molar-refractivity contribution is -0.132. The summed E-state index contributed by atoms with van der Waals surface area (Å²) in [7, 11) is 0. The summed E-state index contributed by atoms with van der Waals surface area (Å²) in [4.78, 5) is 16.3. The molecule has 1 aromatic carbocycles. The molecule has 1 aliphatic heterocycles. The number of nitrogens with zero attached hydrogens (tertiary/aromatic N) is 6. The lowest BCUT2D eigenvalue weighted by atomic mass is 10.2. The fourth-order valence-electron chi connectivity index (χ4n) is 2.91. The molecule has 26 heavy (non-hydrogen) atoms. The highest BCUT2D eigenvalue weighted by molar-refractivity contribution is 5.76. The summed E-state index contributed by atoms with van der Waals surface area (Å²) in [6.07, 6.45) is 0.439. The van der Waals surface area contributed by atoms with Gasteiger partial charge in [-0.15, -0.1) is 0 Å². The Morgan fingerprint density at radius 2 is 1.88 bits per heavy atom. The van der Waals surface area contributed by atoms with E-state index in [-0.39, 0.29) is 5.91 Å². The van der Waals surface area contributed by atoms with Crippen LogP contribution in [0.1, 0.15) is 20.3 Å². The number of carbonyl (C=O) groups is 1. The fraction of sp³-hybridized carbons (Fsp3) is 0.556. The van der Waals surface area contributed by atoms with E-state index in [9.17, 15) is 4.79 Å². The third-order valence-electron chi connectivity index (χ3n) is 4.28. The number of anilines is 1. The Morgan fingerprint density at radius 3 is 2.58 bits per heavy atom. The largest absolute Gasteiger partial charge is 0.381 e. The van der Waals surface area contributed by atoms with Crippen molar-refractivity contribution < 1.29 is 9.53 Å². The van der Waals surface area contributed by atoms with E-state index >= 15 is 0 Å². The third kappa shape index (κ3) is 4.57. The molecule has 1 aromatic heterocycles. The molecule has 8 heteroatoms. The summed E-state index contributed by atoms with van der Waals surface area (Å²) in [6, 6.07) is 9.81. The minimum Gasteiger partial charge on any atom is -0.381 e. The van der Waals surface area contributed by atoms with Crippen molar-refractivity contribution in [1.82, 2.24) is 25.1 Å². The van der Waals surface area contributed by atoms with Crippen LogP contribution in [0.3, 0.4) is 0 Å². The van der Waals surface area contributed by atoms with Crippen molar-refractivity contribution in [3.8, 4) is 5.69 Å². The molecule has 1 saturated heterocycles. The Morgan fingerprint density at radius 1 is 1.15 bits per heavy atom. The van der Waals surface area contributed by atoms with Gasteiger partial charge in [0.25, 0.3) is 0 Å². The Balaban J connectivity index is 1.52. The van der Waals surface area contributed by atoms with E-state index in [1.165, 1.54) is 0 Å². The van der Waals surface area contributed by atoms with E-state index in [0.29, 0.717) is 57.7 Å². The second kappa shape index (κ2) is 8.75. The summed E-state index contributed by atoms with van der Waals surface area (Å²) in [5.41, 5.74) is 0.924. The van der Waals surface area contributed by atoms with E-state index < -0.39 is 0 Å². The number of aromatic nitrogens is 4. The first-order valence-electron chi connectivity index (χ1n) is 9.09. The molecular formula is C18H26N6O2. The molecular weight excluding hydrogens is 332 g/mol. The second-order valence-electron chi connectivity index (χ2n) is 6.81. The van der Waals surface area contributed by atoms with Crippen molar-refractivity contribution in [1.29, 1.82) is 0 Å². The number of hydrogen-bond donors (Lipinski definition) is 0. The van der Waals surface area contributed by atoms with Gasteiger partial charge in [-0.1, -0.05) is 37.1 Å². The van der Waals surface area contributed by atoms with Gasteiger partial charge in [-0.25, -0.2) is 0 Å². The van der Waals surface area contributed by atoms with Crippen molar-refractivity contribution >= 4 is 11.9 Å². The van der Waals surface area contributed by atoms with Crippen molar-refractivity contribution in [2.45, 2.75) is 20.3 Å². The smallest absolute Gasteiger partial charge is 0.250 e. The molecule has 1 aliphatic rings. The highest BCUT2D eigenvalue weighted by Gasteiger charge is 2.24. The summed E-state index contributed by atoms with van der Waals surface area (Å²) in [5.74, 6) is 1.35. The summed E-state index contributed by atoms with van der Waals surface area (Å²) in [5, 5.41) is 12.1. The third-order valence-corrected chi connectivity index (χ3v) is 4.28. The van der Waals surface area contributed by atoms with Crippen LogP contribution in [-0.4, -0.2) is 70.4 Å². The van der Waals surface area contributed by atoms with Gasteiger partial charge < -0.3 is 14.5 Å². The molecule has 2 aromatic rings. The van der Waals surface area contributed by atoms with Crippen LogP contribution < -0.4 is 4.90 Å². The summed E-state index contributed by atoms with van der Waals surface area (Å²) < 4.78 is 7.25. The maximum atomic E-state index is 12.3. The van der Waals surface area contributed by atoms with Crippen LogP contribution in [0.25, 0.3) is 5.69 Å². The zero-order valence-corrected chi connectivity index (χ0v) is 15.4. The van der Waals surface area contributed by atoms with Crippen molar-refractivity contribution in [3.05, 3.63) is 30.3 Å². The van der Waals surface area contributed by atoms with Gasteiger partial charge >= 0.3 is 0 Å². The van der Waals surface area contributed by atoms with Crippen LogP contribution in [0.2, 0.25) is 0 Å². The average molecular weight is 358 g/mol. The Bertz CT molecular complexity index is 695. The molecule has 3 rings (SSSR count). The van der Waals surface area contributed by atoms with Crippen LogP contribution in [0.4, 0.5) is 5.95 Å². The number of amides is 1. The van der Waals surface area contributed by atoms with Crippen LogP contribution in [0, 0.1) is 5.92 Å². The van der Waals surface area contributed by atoms with Crippen molar-refractivity contribution in [2.24, 2.45) is 5.92 Å². The van der Waals surface area contributed by atoms with E-state index in [1.54, 1.807) is 4.68 Å². The number of rotatable bonds is 7. The van der Waals surface area contributed by atoms with E-state index in [4.69, 9.17) is 4.74 Å². The number of carbonyl (C=O) groups excluding carboxylic acids is 1. The lowest BCUT2D eigenvalue weighted by Crippen LogP contribution is -2.49. The zero-order valence-electron chi connectivity index (χ0n) is 15.4. The predicted molar refractivity (Wildman–Crippen MR) is 98.2 cm³/mol. The van der Waals surface area contributed by atoms with Crippen LogP contribution in [0.5, 0.6) is 0 Å². The SMILES string of the molecule is CC(C)COCCC(=O)N1CCN(c2nnnn2-c2ccccc2)CC1. The zero-order chi connectivity index (χ0) is 18.4. The molecule has 1 amide bonds. The molecule has 0 unspecified atom stereocenters. The van der Waals surface area contributed by atoms with Crippen molar-refractivity contribution in [2.75, 3.05) is 44.3 Å². The minimum absolute atomic E-state index is 0.149. The molecule has 0 N–H and O–H groups in total. The molecule has 2 heterocycles. The first kappa shape index (κ1) is 18.3. The van der Waals surface area contributed by atoms with Gasteiger partial charge in [-0.3, -0.25) is 4.79 Å². The average Bonchev–Trinajstić information content (AvgIpc) is 3.15. The van der Waals surface area contributed by atoms with Crippen molar-refractivity contribution in [3.63, 3.8) is 0 Å². The maximum absolute atomic E-state index is 12.3. The number of benzene rings is 1. The van der Waals surface area contributed by atoms with Gasteiger partial charge in [0, 0.05) is 32.8 Å². The number of ether oxygens (including phenoxy) is 1. The minimum atomic E-state index is 0.149. The normalized spacial score (nSPS) is 14.9. The first-order valence-corrected chi connectivity index (χ1v) is 9.09. The predicted octanol–water partition coefficient (Wildman–Crippen LogP) is 1.37. The monoisotopic (exact) mass is 358 g/mol. The van der Waals surface area contributed by atoms with Gasteiger partial charge in [0.2, 0.25) is 11.9 Å². The van der Waals surface area contributed by atoms with E-state index in [1.807, 2.05) is 35.2 Å². The summed E-state index contributed by atoms with van der Waals surface area (Å²) >= 11 is 0. The van der Waals surface area contributed by atoms with Gasteiger partial charge in [-0.05, 0) is 28.5 Å². The number of piperazine rings is 1. The quantitative estimate of drug-likeness (QED) is 0.696. The molecule has 0 spiro atoms. The van der Waals surface area contributed by atoms with Crippen LogP contribution in [-0.2, 0) is 9.53 Å². The van der Waals surface area contributed by atoms with Crippen LogP contribution in [0.15, 0.2) is 30.3 Å². The highest BCUT2D eigenvalue weighted by Crippen LogP contribution is 2.17. The molecule has 0 saturated carbocycles. The van der Waals surface area contributed by atoms with E-state index in [0.717, 1.165) is 5.69 Å². The van der Waals surface area contributed by atoms with Gasteiger partial charge in [-0.2, -0.15) is 4.68 Å². The fourth-order valence-corrected chi connectivity index (χ4v) is 2.91. The molecule has 8 nitrogen and oxygen atoms in total. The maximum Gasteiger partial charge on any atom is 0.250 e. The highest BCUT2D eigenvalue weighted by atomic mass is 16.5. The Kier molecular flexibility index (Phi) is 6.17. The number of tetrazole rings is 1. The van der Waals surface area contributed by atoms with Crippen LogP contribution >= 0.6 is 0 Å². The molecule has 0 aliphatic carbocycles. The molecule has 1 fully saturated rings. The Labute approximate surface area is 153 Å². The molecule has 140 valence electrons.